The van der Waals surface area contributed by atoms with Crippen LogP contribution in [-0.4, -0.2) is 18.9 Å². The molecule has 2 aromatic carbocycles. The van der Waals surface area contributed by atoms with Gasteiger partial charge in [0.1, 0.15) is 12.4 Å². The summed E-state index contributed by atoms with van der Waals surface area (Å²) in [7, 11) is 0. The van der Waals surface area contributed by atoms with E-state index in [1.165, 1.54) is 11.1 Å². The van der Waals surface area contributed by atoms with Crippen LogP contribution in [-0.2, 0) is 12.0 Å². The fourth-order valence-corrected chi connectivity index (χ4v) is 2.99. The third kappa shape index (κ3) is 3.45. The Hall–Kier alpha value is -2.29. The first-order valence-corrected chi connectivity index (χ1v) is 8.47. The molecule has 1 heterocycles. The van der Waals surface area contributed by atoms with Crippen LogP contribution in [0.1, 0.15) is 49.2 Å². The fraction of sp³-hybridized carbons (Fsp3) is 0.381. The van der Waals surface area contributed by atoms with Crippen molar-refractivity contribution in [3.63, 3.8) is 0 Å². The minimum atomic E-state index is 0.0813. The molecule has 0 unspecified atom stereocenters. The van der Waals surface area contributed by atoms with Gasteiger partial charge in [0, 0.05) is 12.1 Å². The molecule has 0 spiro atoms. The van der Waals surface area contributed by atoms with Crippen molar-refractivity contribution in [2.45, 2.75) is 39.7 Å². The summed E-state index contributed by atoms with van der Waals surface area (Å²) < 4.78 is 5.74. The maximum absolute atomic E-state index is 11.7. The average molecular weight is 323 g/mol. The Balaban J connectivity index is 1.84. The van der Waals surface area contributed by atoms with Crippen LogP contribution in [0.3, 0.4) is 0 Å². The molecule has 3 rings (SSSR count). The van der Waals surface area contributed by atoms with Crippen LogP contribution in [0.5, 0.6) is 5.75 Å². The maximum Gasteiger partial charge on any atom is 0.159 e. The Morgan fingerprint density at radius 3 is 2.46 bits per heavy atom. The molecule has 24 heavy (non-hydrogen) atoms. The van der Waals surface area contributed by atoms with Crippen LogP contribution in [0.15, 0.2) is 42.5 Å². The molecule has 2 aromatic rings. The van der Waals surface area contributed by atoms with E-state index >= 15 is 0 Å². The summed E-state index contributed by atoms with van der Waals surface area (Å²) in [5.74, 6) is 0.940. The highest BCUT2D eigenvalue weighted by atomic mass is 16.5. The molecule has 0 N–H and O–H groups in total. The van der Waals surface area contributed by atoms with E-state index in [2.05, 4.69) is 49.9 Å². The first-order valence-electron chi connectivity index (χ1n) is 8.47. The lowest BCUT2D eigenvalue weighted by Gasteiger charge is -2.32. The van der Waals surface area contributed by atoms with Gasteiger partial charge >= 0.3 is 0 Å². The van der Waals surface area contributed by atoms with Gasteiger partial charge in [-0.3, -0.25) is 4.79 Å². The Morgan fingerprint density at radius 1 is 1.12 bits per heavy atom. The molecule has 0 saturated carbocycles. The number of nitrogens with zero attached hydrogens (tertiary/aromatic N) is 1. The van der Waals surface area contributed by atoms with Crippen molar-refractivity contribution < 1.29 is 9.53 Å². The number of anilines is 1. The Kier molecular flexibility index (Phi) is 4.35. The number of benzene rings is 2. The van der Waals surface area contributed by atoms with Gasteiger partial charge in [0.15, 0.2) is 5.78 Å². The second-order valence-electron chi connectivity index (χ2n) is 7.46. The zero-order valence-corrected chi connectivity index (χ0v) is 14.9. The molecule has 3 nitrogen and oxygen atoms in total. The lowest BCUT2D eigenvalue weighted by Crippen LogP contribution is -2.32. The molecule has 0 aliphatic carbocycles. The quantitative estimate of drug-likeness (QED) is 0.774. The SMILES string of the molecule is CC(=O)c1ccc2c(c1)N(Cc1ccc(C(C)(C)C)cc1)CCO2. The minimum Gasteiger partial charge on any atom is -0.490 e. The van der Waals surface area contributed by atoms with Gasteiger partial charge in [-0.25, -0.2) is 0 Å². The monoisotopic (exact) mass is 323 g/mol. The Bertz CT molecular complexity index is 741. The van der Waals surface area contributed by atoms with E-state index in [4.69, 9.17) is 4.74 Å². The third-order valence-corrected chi connectivity index (χ3v) is 4.52. The van der Waals surface area contributed by atoms with Gasteiger partial charge < -0.3 is 9.64 Å². The summed E-state index contributed by atoms with van der Waals surface area (Å²) in [4.78, 5) is 14.0. The fourth-order valence-electron chi connectivity index (χ4n) is 2.99. The molecule has 3 heteroatoms. The van der Waals surface area contributed by atoms with E-state index in [0.717, 1.165) is 30.1 Å². The first kappa shape index (κ1) is 16.6. The van der Waals surface area contributed by atoms with Gasteiger partial charge in [-0.05, 0) is 41.7 Å². The Morgan fingerprint density at radius 2 is 1.83 bits per heavy atom. The number of hydrogen-bond donors (Lipinski definition) is 0. The molecule has 0 atom stereocenters. The maximum atomic E-state index is 11.7. The van der Waals surface area contributed by atoms with Crippen molar-refractivity contribution in [1.29, 1.82) is 0 Å². The molecular weight excluding hydrogens is 298 g/mol. The second-order valence-corrected chi connectivity index (χ2v) is 7.46. The largest absolute Gasteiger partial charge is 0.490 e. The topological polar surface area (TPSA) is 29.5 Å². The van der Waals surface area contributed by atoms with Crippen LogP contribution in [0, 0.1) is 0 Å². The summed E-state index contributed by atoms with van der Waals surface area (Å²) in [6.07, 6.45) is 0. The van der Waals surface area contributed by atoms with Crippen LogP contribution in [0.2, 0.25) is 0 Å². The lowest BCUT2D eigenvalue weighted by atomic mass is 9.87. The van der Waals surface area contributed by atoms with E-state index < -0.39 is 0 Å². The van der Waals surface area contributed by atoms with E-state index in [1.807, 2.05) is 18.2 Å². The van der Waals surface area contributed by atoms with E-state index in [9.17, 15) is 4.79 Å². The third-order valence-electron chi connectivity index (χ3n) is 4.52. The molecule has 0 radical (unpaired) electrons. The number of ketones is 1. The molecule has 0 aromatic heterocycles. The number of fused-ring (bicyclic) bond motifs is 1. The zero-order chi connectivity index (χ0) is 17.3. The molecule has 0 saturated heterocycles. The molecule has 1 aliphatic heterocycles. The number of carbonyl (C=O) groups is 1. The van der Waals surface area contributed by atoms with Crippen molar-refractivity contribution in [2.24, 2.45) is 0 Å². The molecule has 0 amide bonds. The molecule has 0 bridgehead atoms. The number of Topliss-reactive ketones (excluding diaryl/α,β-unsaturated/α-hetero) is 1. The predicted octanol–water partition coefficient (Wildman–Crippen LogP) is 4.59. The van der Waals surface area contributed by atoms with Crippen LogP contribution < -0.4 is 9.64 Å². The number of ether oxygens (including phenoxy) is 1. The molecular formula is C21H25NO2. The average Bonchev–Trinajstić information content (AvgIpc) is 2.54. The van der Waals surface area contributed by atoms with Gasteiger partial charge in [0.05, 0.1) is 12.2 Å². The number of rotatable bonds is 3. The van der Waals surface area contributed by atoms with Crippen molar-refractivity contribution in [1.82, 2.24) is 0 Å². The molecule has 0 fully saturated rings. The number of hydrogen-bond acceptors (Lipinski definition) is 3. The highest BCUT2D eigenvalue weighted by molar-refractivity contribution is 5.95. The zero-order valence-electron chi connectivity index (χ0n) is 14.9. The number of carbonyl (C=O) groups excluding carboxylic acids is 1. The normalized spacial score (nSPS) is 14.1. The first-order chi connectivity index (χ1) is 11.3. The smallest absolute Gasteiger partial charge is 0.159 e. The summed E-state index contributed by atoms with van der Waals surface area (Å²) >= 11 is 0. The summed E-state index contributed by atoms with van der Waals surface area (Å²) in [6.45, 7) is 10.6. The van der Waals surface area contributed by atoms with Crippen molar-refractivity contribution in [3.8, 4) is 5.75 Å². The highest BCUT2D eigenvalue weighted by Crippen LogP contribution is 2.34. The van der Waals surface area contributed by atoms with E-state index in [0.29, 0.717) is 6.61 Å². The van der Waals surface area contributed by atoms with Crippen LogP contribution in [0.25, 0.3) is 0 Å². The van der Waals surface area contributed by atoms with Crippen LogP contribution in [0.4, 0.5) is 5.69 Å². The van der Waals surface area contributed by atoms with Gasteiger partial charge in [0.2, 0.25) is 0 Å². The van der Waals surface area contributed by atoms with Crippen molar-refractivity contribution in [2.75, 3.05) is 18.1 Å². The summed E-state index contributed by atoms with van der Waals surface area (Å²) in [6, 6.07) is 14.5. The second kappa shape index (κ2) is 6.31. The van der Waals surface area contributed by atoms with Crippen molar-refractivity contribution >= 4 is 11.5 Å². The van der Waals surface area contributed by atoms with E-state index in [1.54, 1.807) is 6.92 Å². The van der Waals surface area contributed by atoms with Gasteiger partial charge in [0.25, 0.3) is 0 Å². The highest BCUT2D eigenvalue weighted by Gasteiger charge is 2.20. The predicted molar refractivity (Wildman–Crippen MR) is 98.1 cm³/mol. The minimum absolute atomic E-state index is 0.0813. The Labute approximate surface area is 144 Å². The summed E-state index contributed by atoms with van der Waals surface area (Å²) in [5, 5.41) is 0. The van der Waals surface area contributed by atoms with E-state index in [-0.39, 0.29) is 11.2 Å². The van der Waals surface area contributed by atoms with Crippen molar-refractivity contribution in [3.05, 3.63) is 59.2 Å². The molecule has 1 aliphatic rings. The van der Waals surface area contributed by atoms with Gasteiger partial charge in [-0.1, -0.05) is 45.0 Å². The molecule has 126 valence electrons. The summed E-state index contributed by atoms with van der Waals surface area (Å²) in [5.41, 5.74) is 4.51. The van der Waals surface area contributed by atoms with Gasteiger partial charge in [-0.15, -0.1) is 0 Å². The lowest BCUT2D eigenvalue weighted by molar-refractivity contribution is 0.101. The standard InChI is InChI=1S/C21H25NO2/c1-15(23)17-7-10-20-19(13-17)22(11-12-24-20)14-16-5-8-18(9-6-16)21(2,3)4/h5-10,13H,11-12,14H2,1-4H3. The van der Waals surface area contributed by atoms with Crippen LogP contribution >= 0.6 is 0 Å². The van der Waals surface area contributed by atoms with Gasteiger partial charge in [-0.2, -0.15) is 0 Å².